The highest BCUT2D eigenvalue weighted by Gasteiger charge is 2.17. The van der Waals surface area contributed by atoms with E-state index in [1.807, 2.05) is 29.7 Å². The summed E-state index contributed by atoms with van der Waals surface area (Å²) in [6.07, 6.45) is 1.24. The Kier molecular flexibility index (Phi) is 8.18. The number of aryl methyl sites for hydroxylation is 2. The molecule has 2 aromatic carbocycles. The number of Topliss-reactive ketones (excluding diaryl/α,β-unsaturated/α-hetero) is 1. The third-order valence-corrected chi connectivity index (χ3v) is 6.13. The maximum atomic E-state index is 12.6. The lowest BCUT2D eigenvalue weighted by Gasteiger charge is -2.11. The molecule has 0 atom stereocenters. The van der Waals surface area contributed by atoms with Crippen molar-refractivity contribution in [2.45, 2.75) is 31.8 Å². The molecule has 0 aliphatic rings. The Labute approximate surface area is 199 Å². The van der Waals surface area contributed by atoms with Crippen LogP contribution in [0, 0.1) is 17.0 Å². The van der Waals surface area contributed by atoms with E-state index in [-0.39, 0.29) is 23.1 Å². The normalized spacial score (nSPS) is 10.8. The van der Waals surface area contributed by atoms with Crippen molar-refractivity contribution in [3.8, 4) is 5.69 Å². The molecule has 0 saturated carbocycles. The summed E-state index contributed by atoms with van der Waals surface area (Å²) in [5, 5.41) is 23.3. The number of benzene rings is 2. The highest BCUT2D eigenvalue weighted by Crippen LogP contribution is 2.27. The van der Waals surface area contributed by atoms with Gasteiger partial charge in [-0.1, -0.05) is 29.4 Å². The molecule has 33 heavy (non-hydrogen) atoms. The summed E-state index contributed by atoms with van der Waals surface area (Å²) in [6, 6.07) is 11.1. The average Bonchev–Trinajstić information content (AvgIpc) is 3.19. The largest absolute Gasteiger partial charge is 0.356 e. The zero-order chi connectivity index (χ0) is 24.0. The fourth-order valence-electron chi connectivity index (χ4n) is 3.03. The minimum absolute atomic E-state index is 0.0703. The van der Waals surface area contributed by atoms with Crippen LogP contribution in [-0.4, -0.2) is 43.7 Å². The number of aromatic nitrogens is 3. The number of nitro groups is 1. The first-order valence-corrected chi connectivity index (χ1v) is 11.5. The molecule has 0 spiro atoms. The molecule has 0 bridgehead atoms. The van der Waals surface area contributed by atoms with E-state index in [1.165, 1.54) is 43.0 Å². The van der Waals surface area contributed by atoms with Crippen LogP contribution in [0.5, 0.6) is 0 Å². The zero-order valence-corrected chi connectivity index (χ0v) is 19.7. The van der Waals surface area contributed by atoms with Gasteiger partial charge in [0.2, 0.25) is 5.91 Å². The van der Waals surface area contributed by atoms with Crippen molar-refractivity contribution in [3.05, 3.63) is 74.6 Å². The SMILES string of the molecule is CC(=O)NCCCc1nnc(SCC(=O)c2ccc([N+](=O)[O-])cc2)n1-c1ccc(C)c(Cl)c1. The first kappa shape index (κ1) is 24.4. The average molecular weight is 488 g/mol. The lowest BCUT2D eigenvalue weighted by atomic mass is 10.1. The fourth-order valence-corrected chi connectivity index (χ4v) is 4.07. The molecule has 1 aromatic heterocycles. The Hall–Kier alpha value is -3.24. The standard InChI is InChI=1S/C22H22ClN5O4S/c1-14-5-8-18(12-19(14)23)27-21(4-3-11-24-15(2)29)25-26-22(27)33-13-20(30)16-6-9-17(10-7-16)28(31)32/h5-10,12H,3-4,11,13H2,1-2H3,(H,24,29). The summed E-state index contributed by atoms with van der Waals surface area (Å²) in [7, 11) is 0. The Morgan fingerprint density at radius 1 is 1.18 bits per heavy atom. The van der Waals surface area contributed by atoms with Gasteiger partial charge < -0.3 is 5.32 Å². The maximum Gasteiger partial charge on any atom is 0.269 e. The second-order valence-corrected chi connectivity index (χ2v) is 8.62. The first-order chi connectivity index (χ1) is 15.8. The van der Waals surface area contributed by atoms with Crippen LogP contribution < -0.4 is 5.32 Å². The predicted octanol–water partition coefficient (Wildman–Crippen LogP) is 4.18. The van der Waals surface area contributed by atoms with Gasteiger partial charge in [0, 0.05) is 42.6 Å². The summed E-state index contributed by atoms with van der Waals surface area (Å²) in [5.74, 6) is 0.494. The molecule has 0 radical (unpaired) electrons. The number of nitrogens with zero attached hydrogens (tertiary/aromatic N) is 4. The van der Waals surface area contributed by atoms with Crippen molar-refractivity contribution in [1.29, 1.82) is 0 Å². The molecule has 11 heteroatoms. The van der Waals surface area contributed by atoms with Crippen molar-refractivity contribution in [1.82, 2.24) is 20.1 Å². The van der Waals surface area contributed by atoms with Gasteiger partial charge in [-0.15, -0.1) is 10.2 Å². The van der Waals surface area contributed by atoms with E-state index < -0.39 is 4.92 Å². The molecule has 0 saturated heterocycles. The van der Waals surface area contributed by atoms with Gasteiger partial charge in [0.1, 0.15) is 5.82 Å². The highest BCUT2D eigenvalue weighted by atomic mass is 35.5. The summed E-state index contributed by atoms with van der Waals surface area (Å²) >= 11 is 7.55. The number of thioether (sulfide) groups is 1. The van der Waals surface area contributed by atoms with Crippen LogP contribution >= 0.6 is 23.4 Å². The monoisotopic (exact) mass is 487 g/mol. The number of amides is 1. The Morgan fingerprint density at radius 2 is 1.91 bits per heavy atom. The van der Waals surface area contributed by atoms with Crippen LogP contribution in [0.3, 0.4) is 0 Å². The molecule has 1 heterocycles. The number of hydrogen-bond donors (Lipinski definition) is 1. The van der Waals surface area contributed by atoms with Gasteiger partial charge in [-0.25, -0.2) is 0 Å². The summed E-state index contributed by atoms with van der Waals surface area (Å²) < 4.78 is 1.85. The van der Waals surface area contributed by atoms with Gasteiger partial charge in [-0.3, -0.25) is 24.3 Å². The molecular weight excluding hydrogens is 466 g/mol. The van der Waals surface area contributed by atoms with Gasteiger partial charge in [0.25, 0.3) is 5.69 Å². The first-order valence-electron chi connectivity index (χ1n) is 10.1. The van der Waals surface area contributed by atoms with E-state index >= 15 is 0 Å². The number of carbonyl (C=O) groups excluding carboxylic acids is 2. The van der Waals surface area contributed by atoms with Gasteiger partial charge >= 0.3 is 0 Å². The number of halogens is 1. The van der Waals surface area contributed by atoms with Crippen molar-refractivity contribution < 1.29 is 14.5 Å². The van der Waals surface area contributed by atoms with E-state index in [0.29, 0.717) is 41.0 Å². The molecule has 1 amide bonds. The van der Waals surface area contributed by atoms with Crippen LogP contribution in [0.25, 0.3) is 5.69 Å². The minimum Gasteiger partial charge on any atom is -0.356 e. The van der Waals surface area contributed by atoms with E-state index in [9.17, 15) is 19.7 Å². The van der Waals surface area contributed by atoms with Gasteiger partial charge in [-0.05, 0) is 43.2 Å². The molecule has 0 unspecified atom stereocenters. The Balaban J connectivity index is 1.79. The predicted molar refractivity (Wildman–Crippen MR) is 126 cm³/mol. The molecule has 172 valence electrons. The number of nitrogens with one attached hydrogen (secondary N) is 1. The van der Waals surface area contributed by atoms with E-state index in [4.69, 9.17) is 11.6 Å². The second kappa shape index (κ2) is 11.1. The summed E-state index contributed by atoms with van der Waals surface area (Å²) in [5.41, 5.74) is 2.02. The smallest absolute Gasteiger partial charge is 0.269 e. The van der Waals surface area contributed by atoms with Crippen LogP contribution in [-0.2, 0) is 11.2 Å². The third kappa shape index (κ3) is 6.39. The lowest BCUT2D eigenvalue weighted by Crippen LogP contribution is -2.21. The Bertz CT molecular complexity index is 1180. The number of nitro benzene ring substituents is 1. The molecule has 3 aromatic rings. The molecule has 0 aliphatic carbocycles. The van der Waals surface area contributed by atoms with Crippen LogP contribution in [0.2, 0.25) is 5.02 Å². The maximum absolute atomic E-state index is 12.6. The number of rotatable bonds is 10. The summed E-state index contributed by atoms with van der Waals surface area (Å²) in [6.45, 7) is 3.89. The molecule has 0 aliphatic heterocycles. The van der Waals surface area contributed by atoms with E-state index in [0.717, 1.165) is 11.3 Å². The van der Waals surface area contributed by atoms with Crippen molar-refractivity contribution in [2.24, 2.45) is 0 Å². The molecule has 9 nitrogen and oxygen atoms in total. The molecular formula is C22H22ClN5O4S. The van der Waals surface area contributed by atoms with Crippen molar-refractivity contribution in [2.75, 3.05) is 12.3 Å². The third-order valence-electron chi connectivity index (χ3n) is 4.80. The topological polar surface area (TPSA) is 120 Å². The van der Waals surface area contributed by atoms with E-state index in [1.54, 1.807) is 0 Å². The number of hydrogen-bond acceptors (Lipinski definition) is 7. The van der Waals surface area contributed by atoms with Crippen LogP contribution in [0.1, 0.15) is 35.1 Å². The van der Waals surface area contributed by atoms with Gasteiger partial charge in [0.15, 0.2) is 10.9 Å². The van der Waals surface area contributed by atoms with Crippen LogP contribution in [0.15, 0.2) is 47.6 Å². The number of non-ortho nitro benzene ring substituents is 1. The summed E-state index contributed by atoms with van der Waals surface area (Å²) in [4.78, 5) is 34.0. The molecule has 3 rings (SSSR count). The quantitative estimate of drug-likeness (QED) is 0.150. The zero-order valence-electron chi connectivity index (χ0n) is 18.1. The lowest BCUT2D eigenvalue weighted by molar-refractivity contribution is -0.384. The number of carbonyl (C=O) groups is 2. The molecule has 0 fully saturated rings. The second-order valence-electron chi connectivity index (χ2n) is 7.27. The number of ketones is 1. The minimum atomic E-state index is -0.508. The fraction of sp³-hybridized carbons (Fsp3) is 0.273. The van der Waals surface area contributed by atoms with Crippen molar-refractivity contribution >= 4 is 40.7 Å². The van der Waals surface area contributed by atoms with Gasteiger partial charge in [-0.2, -0.15) is 0 Å². The molecule has 1 N–H and O–H groups in total. The van der Waals surface area contributed by atoms with Gasteiger partial charge in [0.05, 0.1) is 16.4 Å². The van der Waals surface area contributed by atoms with E-state index in [2.05, 4.69) is 15.5 Å². The van der Waals surface area contributed by atoms with Crippen LogP contribution in [0.4, 0.5) is 5.69 Å². The highest BCUT2D eigenvalue weighted by molar-refractivity contribution is 7.99. The van der Waals surface area contributed by atoms with Crippen molar-refractivity contribution in [3.63, 3.8) is 0 Å². The Morgan fingerprint density at radius 3 is 2.55 bits per heavy atom.